The van der Waals surface area contributed by atoms with E-state index < -0.39 is 0 Å². The summed E-state index contributed by atoms with van der Waals surface area (Å²) in [5.41, 5.74) is 1.12. The minimum absolute atomic E-state index is 0.386. The lowest BCUT2D eigenvalue weighted by molar-refractivity contribution is 0.440. The predicted octanol–water partition coefficient (Wildman–Crippen LogP) is 3.34. The van der Waals surface area contributed by atoms with E-state index in [2.05, 4.69) is 36.1 Å². The second kappa shape index (κ2) is 8.18. The fourth-order valence-electron chi connectivity index (χ4n) is 1.91. The van der Waals surface area contributed by atoms with E-state index in [-0.39, 0.29) is 0 Å². The van der Waals surface area contributed by atoms with E-state index >= 15 is 0 Å². The molecule has 0 saturated carbocycles. The molecule has 1 atom stereocenters. The molecule has 0 amide bonds. The molecular weight excluding hydrogens is 210 g/mol. The van der Waals surface area contributed by atoms with Crippen molar-refractivity contribution in [2.24, 2.45) is 5.92 Å². The van der Waals surface area contributed by atoms with Crippen LogP contribution in [0.25, 0.3) is 0 Å². The van der Waals surface area contributed by atoms with Crippen LogP contribution in [-0.2, 0) is 0 Å². The van der Waals surface area contributed by atoms with E-state index in [1.807, 2.05) is 12.3 Å². The third-order valence-electron chi connectivity index (χ3n) is 2.88. The number of hydrogen-bond acceptors (Lipinski definition) is 3. The third-order valence-corrected chi connectivity index (χ3v) is 2.88. The van der Waals surface area contributed by atoms with Gasteiger partial charge in [-0.2, -0.15) is 0 Å². The van der Waals surface area contributed by atoms with Gasteiger partial charge in [-0.3, -0.25) is 0 Å². The highest BCUT2D eigenvalue weighted by Gasteiger charge is 2.11. The average Bonchev–Trinajstić information content (AvgIpc) is 2.34. The molecule has 0 aliphatic rings. The Morgan fingerprint density at radius 2 is 2.12 bits per heavy atom. The molecule has 1 aromatic heterocycles. The van der Waals surface area contributed by atoms with Crippen LogP contribution in [0.5, 0.6) is 0 Å². The Morgan fingerprint density at radius 1 is 1.29 bits per heavy atom. The maximum absolute atomic E-state index is 4.36. The van der Waals surface area contributed by atoms with Crippen molar-refractivity contribution in [3.63, 3.8) is 0 Å². The third kappa shape index (κ3) is 5.78. The number of aromatic nitrogens is 2. The Labute approximate surface area is 105 Å². The molecule has 0 aromatic carbocycles. The summed E-state index contributed by atoms with van der Waals surface area (Å²) in [6, 6.07) is 2.40. The monoisotopic (exact) mass is 235 g/mol. The lowest BCUT2D eigenvalue weighted by atomic mass is 10.0. The van der Waals surface area contributed by atoms with Gasteiger partial charge in [0.05, 0.1) is 5.69 Å². The van der Waals surface area contributed by atoms with Gasteiger partial charge in [0.2, 0.25) is 0 Å². The van der Waals surface area contributed by atoms with Crippen LogP contribution in [0.2, 0.25) is 0 Å². The quantitative estimate of drug-likeness (QED) is 0.751. The second-order valence-corrected chi connectivity index (χ2v) is 4.97. The smallest absolute Gasteiger partial charge is 0.115 e. The molecule has 1 heterocycles. The molecule has 0 spiro atoms. The van der Waals surface area contributed by atoms with Gasteiger partial charge in [0, 0.05) is 12.2 Å². The van der Waals surface area contributed by atoms with Crippen molar-refractivity contribution in [3.8, 4) is 0 Å². The summed E-state index contributed by atoms with van der Waals surface area (Å²) in [7, 11) is 0. The second-order valence-electron chi connectivity index (χ2n) is 4.97. The molecule has 0 aliphatic carbocycles. The molecule has 0 radical (unpaired) electrons. The van der Waals surface area contributed by atoms with Crippen LogP contribution in [0.15, 0.2) is 18.6 Å². The van der Waals surface area contributed by atoms with Crippen LogP contribution in [0.1, 0.15) is 58.2 Å². The molecule has 0 fully saturated rings. The zero-order chi connectivity index (χ0) is 12.5. The van der Waals surface area contributed by atoms with Crippen LogP contribution in [0.4, 0.5) is 0 Å². The zero-order valence-corrected chi connectivity index (χ0v) is 11.3. The van der Waals surface area contributed by atoms with Gasteiger partial charge in [0.1, 0.15) is 6.33 Å². The Bertz CT molecular complexity index is 285. The van der Waals surface area contributed by atoms with Crippen LogP contribution >= 0.6 is 0 Å². The summed E-state index contributed by atoms with van der Waals surface area (Å²) < 4.78 is 0. The highest BCUT2D eigenvalue weighted by Crippen LogP contribution is 2.18. The SMILES string of the molecule is CCCNC(CCCC(C)C)c1ccncn1. The molecule has 1 unspecified atom stereocenters. The molecule has 0 bridgehead atoms. The van der Waals surface area contributed by atoms with Crippen molar-refractivity contribution in [2.75, 3.05) is 6.54 Å². The van der Waals surface area contributed by atoms with Crippen LogP contribution in [0.3, 0.4) is 0 Å². The Hall–Kier alpha value is -0.960. The Kier molecular flexibility index (Phi) is 6.78. The number of hydrogen-bond donors (Lipinski definition) is 1. The fourth-order valence-corrected chi connectivity index (χ4v) is 1.91. The summed E-state index contributed by atoms with van der Waals surface area (Å²) >= 11 is 0. The van der Waals surface area contributed by atoms with E-state index in [0.717, 1.165) is 31.0 Å². The summed E-state index contributed by atoms with van der Waals surface area (Å²) in [4.78, 5) is 8.33. The van der Waals surface area contributed by atoms with E-state index in [0.29, 0.717) is 6.04 Å². The topological polar surface area (TPSA) is 37.8 Å². The first-order chi connectivity index (χ1) is 8.24. The van der Waals surface area contributed by atoms with Crippen LogP contribution in [-0.4, -0.2) is 16.5 Å². The molecule has 3 heteroatoms. The summed E-state index contributed by atoms with van der Waals surface area (Å²) in [5.74, 6) is 0.784. The van der Waals surface area contributed by atoms with Crippen molar-refractivity contribution in [2.45, 2.75) is 52.5 Å². The number of rotatable bonds is 8. The Balaban J connectivity index is 2.48. The van der Waals surface area contributed by atoms with E-state index in [9.17, 15) is 0 Å². The molecule has 3 nitrogen and oxygen atoms in total. The molecule has 0 saturated heterocycles. The highest BCUT2D eigenvalue weighted by atomic mass is 14.9. The molecule has 1 rings (SSSR count). The summed E-state index contributed by atoms with van der Waals surface area (Å²) in [6.45, 7) is 7.80. The van der Waals surface area contributed by atoms with E-state index in [1.165, 1.54) is 12.8 Å². The van der Waals surface area contributed by atoms with Crippen LogP contribution in [0, 0.1) is 5.92 Å². The van der Waals surface area contributed by atoms with Gasteiger partial charge in [-0.1, -0.05) is 33.6 Å². The summed E-state index contributed by atoms with van der Waals surface area (Å²) in [5, 5.41) is 3.57. The first-order valence-electron chi connectivity index (χ1n) is 6.73. The van der Waals surface area contributed by atoms with Gasteiger partial charge >= 0.3 is 0 Å². The first-order valence-corrected chi connectivity index (χ1v) is 6.73. The predicted molar refractivity (Wildman–Crippen MR) is 71.8 cm³/mol. The van der Waals surface area contributed by atoms with E-state index in [1.54, 1.807) is 6.33 Å². The maximum atomic E-state index is 4.36. The number of nitrogens with one attached hydrogen (secondary N) is 1. The van der Waals surface area contributed by atoms with Crippen molar-refractivity contribution in [1.29, 1.82) is 0 Å². The minimum Gasteiger partial charge on any atom is -0.309 e. The molecule has 1 N–H and O–H groups in total. The fraction of sp³-hybridized carbons (Fsp3) is 0.714. The van der Waals surface area contributed by atoms with Crippen molar-refractivity contribution >= 4 is 0 Å². The summed E-state index contributed by atoms with van der Waals surface area (Å²) in [6.07, 6.45) is 8.32. The van der Waals surface area contributed by atoms with Crippen molar-refractivity contribution in [1.82, 2.24) is 15.3 Å². The lowest BCUT2D eigenvalue weighted by Gasteiger charge is -2.18. The number of nitrogens with zero attached hydrogens (tertiary/aromatic N) is 2. The van der Waals surface area contributed by atoms with E-state index in [4.69, 9.17) is 0 Å². The van der Waals surface area contributed by atoms with Gasteiger partial charge in [0.15, 0.2) is 0 Å². The standard InChI is InChI=1S/C14H25N3/c1-4-9-16-13(7-5-6-12(2)3)14-8-10-15-11-17-14/h8,10-13,16H,4-7,9H2,1-3H3. The van der Waals surface area contributed by atoms with Gasteiger partial charge in [-0.15, -0.1) is 0 Å². The molecule has 1 aromatic rings. The maximum Gasteiger partial charge on any atom is 0.115 e. The minimum atomic E-state index is 0.386. The van der Waals surface area contributed by atoms with Gasteiger partial charge in [-0.25, -0.2) is 9.97 Å². The normalized spacial score (nSPS) is 12.9. The van der Waals surface area contributed by atoms with Gasteiger partial charge in [0.25, 0.3) is 0 Å². The van der Waals surface area contributed by atoms with Gasteiger partial charge in [-0.05, 0) is 31.4 Å². The molecule has 96 valence electrons. The first kappa shape index (κ1) is 14.1. The molecule has 17 heavy (non-hydrogen) atoms. The zero-order valence-electron chi connectivity index (χ0n) is 11.3. The van der Waals surface area contributed by atoms with Gasteiger partial charge < -0.3 is 5.32 Å². The molecule has 0 aliphatic heterocycles. The van der Waals surface area contributed by atoms with Crippen molar-refractivity contribution < 1.29 is 0 Å². The average molecular weight is 235 g/mol. The molecular formula is C14H25N3. The van der Waals surface area contributed by atoms with Crippen LogP contribution < -0.4 is 5.32 Å². The Morgan fingerprint density at radius 3 is 2.71 bits per heavy atom. The lowest BCUT2D eigenvalue weighted by Crippen LogP contribution is -2.23. The largest absolute Gasteiger partial charge is 0.309 e. The van der Waals surface area contributed by atoms with Crippen molar-refractivity contribution in [3.05, 3.63) is 24.3 Å². The highest BCUT2D eigenvalue weighted by molar-refractivity contribution is 5.04.